The van der Waals surface area contributed by atoms with E-state index >= 15 is 0 Å². The van der Waals surface area contributed by atoms with Crippen molar-refractivity contribution in [1.29, 1.82) is 0 Å². The molecule has 1 aliphatic rings. The van der Waals surface area contributed by atoms with Crippen LogP contribution < -0.4 is 5.32 Å². The highest BCUT2D eigenvalue weighted by molar-refractivity contribution is 5.33. The van der Waals surface area contributed by atoms with E-state index in [0.29, 0.717) is 5.56 Å². The molecule has 0 radical (unpaired) electrons. The summed E-state index contributed by atoms with van der Waals surface area (Å²) in [7, 11) is 0. The molecule has 2 nitrogen and oxygen atoms in total. The van der Waals surface area contributed by atoms with E-state index in [1.54, 1.807) is 0 Å². The van der Waals surface area contributed by atoms with E-state index in [4.69, 9.17) is 5.11 Å². The highest BCUT2D eigenvalue weighted by Gasteiger charge is 2.21. The standard InChI is InChI=1S/C9H9F2NO/c10-7-1-5(6-3-12-4-6)2-8(11)9(7)13/h1-2,6,12-13H,3-4H2. The molecule has 1 saturated heterocycles. The number of hydrogen-bond donors (Lipinski definition) is 2. The molecular formula is C9H9F2NO. The molecule has 1 aromatic rings. The average molecular weight is 185 g/mol. The normalized spacial score (nSPS) is 17.1. The molecule has 1 aromatic carbocycles. The van der Waals surface area contributed by atoms with Crippen LogP contribution in [0.3, 0.4) is 0 Å². The van der Waals surface area contributed by atoms with Gasteiger partial charge in [0.25, 0.3) is 0 Å². The zero-order valence-electron chi connectivity index (χ0n) is 6.85. The van der Waals surface area contributed by atoms with Gasteiger partial charge >= 0.3 is 0 Å². The fourth-order valence-corrected chi connectivity index (χ4v) is 1.35. The number of halogens is 2. The van der Waals surface area contributed by atoms with Gasteiger partial charge in [0.2, 0.25) is 0 Å². The first kappa shape index (κ1) is 8.44. The van der Waals surface area contributed by atoms with Gasteiger partial charge < -0.3 is 10.4 Å². The van der Waals surface area contributed by atoms with Gasteiger partial charge in [0.05, 0.1) is 0 Å². The minimum absolute atomic E-state index is 0.171. The summed E-state index contributed by atoms with van der Waals surface area (Å²) < 4.78 is 25.7. The van der Waals surface area contributed by atoms with Crippen LogP contribution in [0.5, 0.6) is 5.75 Å². The summed E-state index contributed by atoms with van der Waals surface area (Å²) in [4.78, 5) is 0. The first-order valence-electron chi connectivity index (χ1n) is 4.07. The van der Waals surface area contributed by atoms with Crippen molar-refractivity contribution in [3.63, 3.8) is 0 Å². The topological polar surface area (TPSA) is 32.3 Å². The minimum atomic E-state index is -0.893. The lowest BCUT2D eigenvalue weighted by molar-refractivity contribution is 0.389. The van der Waals surface area contributed by atoms with Crippen molar-refractivity contribution < 1.29 is 13.9 Å². The van der Waals surface area contributed by atoms with E-state index in [9.17, 15) is 8.78 Å². The molecule has 0 aliphatic carbocycles. The fourth-order valence-electron chi connectivity index (χ4n) is 1.35. The van der Waals surface area contributed by atoms with Crippen LogP contribution in [0.15, 0.2) is 12.1 Å². The zero-order chi connectivity index (χ0) is 9.42. The van der Waals surface area contributed by atoms with E-state index < -0.39 is 17.4 Å². The van der Waals surface area contributed by atoms with E-state index in [1.165, 1.54) is 12.1 Å². The maximum Gasteiger partial charge on any atom is 0.187 e. The minimum Gasteiger partial charge on any atom is -0.503 e. The molecule has 13 heavy (non-hydrogen) atoms. The van der Waals surface area contributed by atoms with E-state index in [0.717, 1.165) is 13.1 Å². The molecule has 0 spiro atoms. The van der Waals surface area contributed by atoms with Gasteiger partial charge in [-0.3, -0.25) is 0 Å². The van der Waals surface area contributed by atoms with Crippen LogP contribution in [0, 0.1) is 11.6 Å². The lowest BCUT2D eigenvalue weighted by Gasteiger charge is -2.27. The quantitative estimate of drug-likeness (QED) is 0.692. The molecular weight excluding hydrogens is 176 g/mol. The highest BCUT2D eigenvalue weighted by Crippen LogP contribution is 2.27. The molecule has 1 fully saturated rings. The van der Waals surface area contributed by atoms with Crippen LogP contribution in [-0.4, -0.2) is 18.2 Å². The van der Waals surface area contributed by atoms with Crippen LogP contribution in [0.1, 0.15) is 11.5 Å². The van der Waals surface area contributed by atoms with Gasteiger partial charge in [0, 0.05) is 19.0 Å². The lowest BCUT2D eigenvalue weighted by Crippen LogP contribution is -2.39. The van der Waals surface area contributed by atoms with E-state index in [1.807, 2.05) is 0 Å². The molecule has 0 aromatic heterocycles. The van der Waals surface area contributed by atoms with Gasteiger partial charge in [-0.2, -0.15) is 0 Å². The van der Waals surface area contributed by atoms with Crippen molar-refractivity contribution in [3.05, 3.63) is 29.3 Å². The van der Waals surface area contributed by atoms with Crippen molar-refractivity contribution in [2.75, 3.05) is 13.1 Å². The maximum absolute atomic E-state index is 12.9. The maximum atomic E-state index is 12.9. The smallest absolute Gasteiger partial charge is 0.187 e. The third kappa shape index (κ3) is 1.37. The second-order valence-corrected chi connectivity index (χ2v) is 3.19. The first-order chi connectivity index (χ1) is 6.18. The van der Waals surface area contributed by atoms with Crippen LogP contribution in [0.25, 0.3) is 0 Å². The highest BCUT2D eigenvalue weighted by atomic mass is 19.1. The molecule has 2 rings (SSSR count). The van der Waals surface area contributed by atoms with E-state index in [-0.39, 0.29) is 5.92 Å². The van der Waals surface area contributed by atoms with Gasteiger partial charge in [0.1, 0.15) is 0 Å². The third-order valence-electron chi connectivity index (χ3n) is 2.29. The fraction of sp³-hybridized carbons (Fsp3) is 0.333. The molecule has 0 atom stereocenters. The molecule has 0 bridgehead atoms. The number of phenols is 1. The van der Waals surface area contributed by atoms with E-state index in [2.05, 4.69) is 5.32 Å². The summed E-state index contributed by atoms with van der Waals surface area (Å²) in [5.74, 6) is -2.50. The Kier molecular flexibility index (Phi) is 1.92. The average Bonchev–Trinajstić information content (AvgIpc) is 1.96. The molecule has 4 heteroatoms. The molecule has 2 N–H and O–H groups in total. The first-order valence-corrected chi connectivity index (χ1v) is 4.07. The van der Waals surface area contributed by atoms with Crippen molar-refractivity contribution in [2.24, 2.45) is 0 Å². The molecule has 0 saturated carbocycles. The van der Waals surface area contributed by atoms with Crippen molar-refractivity contribution in [1.82, 2.24) is 5.32 Å². The van der Waals surface area contributed by atoms with Crippen LogP contribution in [-0.2, 0) is 0 Å². The Morgan fingerprint density at radius 2 is 1.77 bits per heavy atom. The Morgan fingerprint density at radius 3 is 2.15 bits per heavy atom. The second kappa shape index (κ2) is 2.96. The van der Waals surface area contributed by atoms with Gasteiger partial charge in [-0.15, -0.1) is 0 Å². The van der Waals surface area contributed by atoms with Gasteiger partial charge in [-0.1, -0.05) is 0 Å². The van der Waals surface area contributed by atoms with Crippen LogP contribution in [0.2, 0.25) is 0 Å². The predicted octanol–water partition coefficient (Wildman–Crippen LogP) is 1.36. The van der Waals surface area contributed by atoms with Gasteiger partial charge in [-0.25, -0.2) is 8.78 Å². The summed E-state index contributed by atoms with van der Waals surface area (Å²) in [6.45, 7) is 1.48. The van der Waals surface area contributed by atoms with Crippen LogP contribution in [0.4, 0.5) is 8.78 Å². The number of benzene rings is 1. The summed E-state index contributed by atoms with van der Waals surface area (Å²) >= 11 is 0. The summed E-state index contributed by atoms with van der Waals surface area (Å²) in [5.41, 5.74) is 0.603. The molecule has 0 unspecified atom stereocenters. The Morgan fingerprint density at radius 1 is 1.23 bits per heavy atom. The number of nitrogens with one attached hydrogen (secondary N) is 1. The second-order valence-electron chi connectivity index (χ2n) is 3.19. The van der Waals surface area contributed by atoms with Gasteiger partial charge in [-0.05, 0) is 17.7 Å². The largest absolute Gasteiger partial charge is 0.503 e. The van der Waals surface area contributed by atoms with Gasteiger partial charge in [0.15, 0.2) is 17.4 Å². The Hall–Kier alpha value is -1.16. The monoisotopic (exact) mass is 185 g/mol. The lowest BCUT2D eigenvalue weighted by atomic mass is 9.93. The predicted molar refractivity (Wildman–Crippen MR) is 43.6 cm³/mol. The number of rotatable bonds is 1. The molecule has 70 valence electrons. The van der Waals surface area contributed by atoms with Crippen molar-refractivity contribution in [2.45, 2.75) is 5.92 Å². The van der Waals surface area contributed by atoms with Crippen molar-refractivity contribution in [3.8, 4) is 5.75 Å². The number of hydrogen-bond acceptors (Lipinski definition) is 2. The Labute approximate surface area is 74.2 Å². The number of phenolic OH excluding ortho intramolecular Hbond substituents is 1. The molecule has 0 amide bonds. The summed E-state index contributed by atoms with van der Waals surface area (Å²) in [6.07, 6.45) is 0. The van der Waals surface area contributed by atoms with Crippen LogP contribution >= 0.6 is 0 Å². The zero-order valence-corrected chi connectivity index (χ0v) is 6.85. The van der Waals surface area contributed by atoms with Crippen molar-refractivity contribution >= 4 is 0 Å². The third-order valence-corrected chi connectivity index (χ3v) is 2.29. The SMILES string of the molecule is Oc1c(F)cc(C2CNC2)cc1F. The Bertz CT molecular complexity index is 313. The Balaban J connectivity index is 2.37. The summed E-state index contributed by atoms with van der Waals surface area (Å²) in [5, 5.41) is 11.8. The molecule has 1 aliphatic heterocycles. The number of aromatic hydroxyl groups is 1. The molecule has 1 heterocycles. The summed E-state index contributed by atoms with van der Waals surface area (Å²) in [6, 6.07) is 2.37.